The van der Waals surface area contributed by atoms with E-state index in [1.165, 1.54) is 6.07 Å². The van der Waals surface area contributed by atoms with Gasteiger partial charge in [0.25, 0.3) is 10.1 Å². The first kappa shape index (κ1) is 9.17. The van der Waals surface area contributed by atoms with Gasteiger partial charge in [-0.3, -0.25) is 4.55 Å². The average molecular weight is 207 g/mol. The zero-order valence-corrected chi connectivity index (χ0v) is 7.34. The van der Waals surface area contributed by atoms with Gasteiger partial charge in [-0.1, -0.05) is 12.2 Å². The Morgan fingerprint density at radius 3 is 2.42 bits per heavy atom. The Bertz CT molecular complexity index is 447. The number of hydrogen-bond acceptors (Lipinski definition) is 4. The molecule has 7 heteroatoms. The summed E-state index contributed by atoms with van der Waals surface area (Å²) < 4.78 is 30.0. The molecule has 0 atom stereocenters. The van der Waals surface area contributed by atoms with Gasteiger partial charge < -0.3 is 5.21 Å². The van der Waals surface area contributed by atoms with Crippen LogP contribution in [0.25, 0.3) is 0 Å². The third-order valence-corrected chi connectivity index (χ3v) is 2.32. The number of aromatic nitrogens is 1. The van der Waals surface area contributed by atoms with Crippen molar-refractivity contribution in [3.05, 3.63) is 23.0 Å². The third-order valence-electron chi connectivity index (χ3n) is 1.16. The highest BCUT2D eigenvalue weighted by Crippen LogP contribution is 2.06. The van der Waals surface area contributed by atoms with E-state index in [-0.39, 0.29) is 4.64 Å². The number of rotatable bonds is 1. The lowest BCUT2D eigenvalue weighted by atomic mass is 10.5. The highest BCUT2D eigenvalue weighted by molar-refractivity contribution is 7.85. The van der Waals surface area contributed by atoms with Gasteiger partial charge in [0.2, 0.25) is 0 Å². The summed E-state index contributed by atoms with van der Waals surface area (Å²) in [6.07, 6.45) is 0.817. The van der Waals surface area contributed by atoms with E-state index >= 15 is 0 Å². The standard InChI is InChI=1S/C5H5NO4S2/c7-6-3-4(12(8,9)10)1-2-5(6)11/h1-3,7H,(H,8,9,10). The summed E-state index contributed by atoms with van der Waals surface area (Å²) in [6.45, 7) is 0. The molecule has 12 heavy (non-hydrogen) atoms. The van der Waals surface area contributed by atoms with Crippen molar-refractivity contribution < 1.29 is 18.2 Å². The molecule has 0 unspecified atom stereocenters. The largest absolute Gasteiger partial charge is 0.428 e. The summed E-state index contributed by atoms with van der Waals surface area (Å²) in [4.78, 5) is -0.404. The van der Waals surface area contributed by atoms with Crippen LogP contribution in [-0.4, -0.2) is 22.9 Å². The molecule has 0 saturated heterocycles. The summed E-state index contributed by atoms with van der Waals surface area (Å²) in [5.41, 5.74) is 0. The highest BCUT2D eigenvalue weighted by Gasteiger charge is 2.09. The minimum absolute atomic E-state index is 0.0578. The SMILES string of the molecule is O=S(=O)(O)c1ccc(=S)n(O)c1. The van der Waals surface area contributed by atoms with Crippen LogP contribution in [0.15, 0.2) is 23.2 Å². The molecule has 0 aliphatic heterocycles. The molecule has 0 saturated carbocycles. The number of hydrogen-bond donors (Lipinski definition) is 2. The van der Waals surface area contributed by atoms with Gasteiger partial charge in [0, 0.05) is 0 Å². The molecular weight excluding hydrogens is 202 g/mol. The van der Waals surface area contributed by atoms with E-state index in [1.807, 2.05) is 0 Å². The summed E-state index contributed by atoms with van der Waals surface area (Å²) in [5.74, 6) is 0. The minimum atomic E-state index is -4.27. The topological polar surface area (TPSA) is 79.5 Å². The van der Waals surface area contributed by atoms with E-state index in [9.17, 15) is 8.42 Å². The fourth-order valence-electron chi connectivity index (χ4n) is 0.610. The molecule has 0 amide bonds. The lowest BCUT2D eigenvalue weighted by Gasteiger charge is -1.99. The predicted molar refractivity (Wildman–Crippen MR) is 42.3 cm³/mol. The van der Waals surface area contributed by atoms with E-state index in [1.54, 1.807) is 0 Å². The van der Waals surface area contributed by atoms with Crippen molar-refractivity contribution in [3.8, 4) is 0 Å². The van der Waals surface area contributed by atoms with Crippen molar-refractivity contribution in [1.29, 1.82) is 0 Å². The molecule has 66 valence electrons. The van der Waals surface area contributed by atoms with Crippen LogP contribution in [0.1, 0.15) is 0 Å². The molecule has 1 aromatic heterocycles. The van der Waals surface area contributed by atoms with Crippen molar-refractivity contribution in [2.45, 2.75) is 4.90 Å². The Morgan fingerprint density at radius 2 is 2.00 bits per heavy atom. The maximum absolute atomic E-state index is 10.5. The molecule has 1 heterocycles. The van der Waals surface area contributed by atoms with Gasteiger partial charge in [-0.05, 0) is 12.1 Å². The van der Waals surface area contributed by atoms with Crippen molar-refractivity contribution in [2.75, 3.05) is 0 Å². The van der Waals surface area contributed by atoms with Crippen LogP contribution in [0, 0.1) is 4.64 Å². The second-order valence-corrected chi connectivity index (χ2v) is 3.86. The molecular formula is C5H5NO4S2. The van der Waals surface area contributed by atoms with Crippen molar-refractivity contribution in [2.24, 2.45) is 0 Å². The molecule has 0 aliphatic rings. The van der Waals surface area contributed by atoms with Gasteiger partial charge in [0.1, 0.15) is 9.54 Å². The molecule has 0 aliphatic carbocycles. The quantitative estimate of drug-likeness (QED) is 0.402. The average Bonchev–Trinajstić information content (AvgIpc) is 1.92. The summed E-state index contributed by atoms with van der Waals surface area (Å²) in [6, 6.07) is 2.29. The second-order valence-electron chi connectivity index (χ2n) is 2.02. The second kappa shape index (κ2) is 2.85. The Balaban J connectivity index is 3.43. The predicted octanol–water partition coefficient (Wildman–Crippen LogP) is 0.702. The fraction of sp³-hybridized carbons (Fsp3) is 0. The Kier molecular flexibility index (Phi) is 2.18. The molecule has 2 N–H and O–H groups in total. The van der Waals surface area contributed by atoms with E-state index in [0.717, 1.165) is 12.3 Å². The van der Waals surface area contributed by atoms with Crippen LogP contribution in [0.4, 0.5) is 0 Å². The van der Waals surface area contributed by atoms with Crippen LogP contribution in [0.3, 0.4) is 0 Å². The fourth-order valence-corrected chi connectivity index (χ4v) is 1.20. The van der Waals surface area contributed by atoms with Gasteiger partial charge >= 0.3 is 0 Å². The van der Waals surface area contributed by atoms with Crippen molar-refractivity contribution in [3.63, 3.8) is 0 Å². The molecule has 1 aromatic rings. The van der Waals surface area contributed by atoms with E-state index < -0.39 is 15.0 Å². The number of pyridine rings is 1. The van der Waals surface area contributed by atoms with E-state index in [4.69, 9.17) is 9.76 Å². The van der Waals surface area contributed by atoms with Gasteiger partial charge in [0.05, 0.1) is 6.20 Å². The van der Waals surface area contributed by atoms with Gasteiger partial charge in [-0.15, -0.1) is 0 Å². The minimum Gasteiger partial charge on any atom is -0.428 e. The summed E-state index contributed by atoms with van der Waals surface area (Å²) in [5, 5.41) is 8.90. The molecule has 0 fully saturated rings. The summed E-state index contributed by atoms with van der Waals surface area (Å²) in [7, 11) is -4.27. The zero-order valence-electron chi connectivity index (χ0n) is 5.71. The highest BCUT2D eigenvalue weighted by atomic mass is 32.2. The summed E-state index contributed by atoms with van der Waals surface area (Å²) >= 11 is 4.57. The lowest BCUT2D eigenvalue weighted by Crippen LogP contribution is -2.02. The van der Waals surface area contributed by atoms with Crippen molar-refractivity contribution >= 4 is 22.3 Å². The first-order valence-corrected chi connectivity index (χ1v) is 4.65. The Hall–Kier alpha value is -0.920. The normalized spacial score (nSPS) is 11.4. The van der Waals surface area contributed by atoms with Crippen molar-refractivity contribution in [1.82, 2.24) is 4.73 Å². The molecule has 5 nitrogen and oxygen atoms in total. The monoisotopic (exact) mass is 207 g/mol. The van der Waals surface area contributed by atoms with Crippen LogP contribution in [0.2, 0.25) is 0 Å². The Morgan fingerprint density at radius 1 is 1.42 bits per heavy atom. The maximum Gasteiger partial charge on any atom is 0.296 e. The number of nitrogens with zero attached hydrogens (tertiary/aromatic N) is 1. The van der Waals surface area contributed by atoms with Crippen LogP contribution >= 0.6 is 12.2 Å². The van der Waals surface area contributed by atoms with E-state index in [2.05, 4.69) is 12.2 Å². The first-order chi connectivity index (χ1) is 5.41. The molecule has 1 rings (SSSR count). The molecule has 0 radical (unpaired) electrons. The molecule has 0 bridgehead atoms. The zero-order chi connectivity index (χ0) is 9.35. The van der Waals surface area contributed by atoms with Gasteiger partial charge in [0.15, 0.2) is 0 Å². The first-order valence-electron chi connectivity index (χ1n) is 2.81. The van der Waals surface area contributed by atoms with Crippen LogP contribution in [-0.2, 0) is 10.1 Å². The molecule has 0 aromatic carbocycles. The lowest BCUT2D eigenvalue weighted by molar-refractivity contribution is 0.177. The Labute approximate surface area is 73.6 Å². The van der Waals surface area contributed by atoms with Gasteiger partial charge in [-0.2, -0.15) is 13.1 Å². The maximum atomic E-state index is 10.5. The van der Waals surface area contributed by atoms with E-state index in [0.29, 0.717) is 4.73 Å². The van der Waals surface area contributed by atoms with Gasteiger partial charge in [-0.25, -0.2) is 0 Å². The smallest absolute Gasteiger partial charge is 0.296 e. The third kappa shape index (κ3) is 1.81. The van der Waals surface area contributed by atoms with Crippen LogP contribution in [0.5, 0.6) is 0 Å². The molecule has 0 spiro atoms. The van der Waals surface area contributed by atoms with Crippen LogP contribution < -0.4 is 0 Å².